The van der Waals surface area contributed by atoms with Gasteiger partial charge in [0.05, 0.1) is 6.10 Å². The van der Waals surface area contributed by atoms with Crippen LogP contribution in [0.4, 0.5) is 8.78 Å². The minimum Gasteiger partial charge on any atom is -0.393 e. The topological polar surface area (TPSA) is 57.6 Å². The lowest BCUT2D eigenvalue weighted by molar-refractivity contribution is 0.131. The minimum atomic E-state index is -4.02. The zero-order valence-corrected chi connectivity index (χ0v) is 12.6. The minimum absolute atomic E-state index is 0.288. The van der Waals surface area contributed by atoms with Crippen molar-refractivity contribution in [3.8, 4) is 0 Å². The van der Waals surface area contributed by atoms with Crippen LogP contribution in [0.2, 0.25) is 0 Å². The van der Waals surface area contributed by atoms with Crippen molar-refractivity contribution in [1.29, 1.82) is 0 Å². The summed E-state index contributed by atoms with van der Waals surface area (Å²) in [4.78, 5) is -0.513. The number of rotatable bonds is 4. The fraction of sp³-hybridized carbons (Fsp3) is 0.571. The van der Waals surface area contributed by atoms with Gasteiger partial charge in [0.1, 0.15) is 16.5 Å². The van der Waals surface area contributed by atoms with E-state index in [9.17, 15) is 22.3 Å². The molecule has 0 amide bonds. The number of sulfonamides is 1. The van der Waals surface area contributed by atoms with E-state index in [4.69, 9.17) is 0 Å². The Morgan fingerprint density at radius 3 is 2.71 bits per heavy atom. The smallest absolute Gasteiger partial charge is 0.246 e. The van der Waals surface area contributed by atoms with Crippen molar-refractivity contribution in [1.82, 2.24) is 4.31 Å². The lowest BCUT2D eigenvalue weighted by Crippen LogP contribution is -2.45. The van der Waals surface area contributed by atoms with E-state index in [1.807, 2.05) is 0 Å². The Labute approximate surface area is 123 Å². The van der Waals surface area contributed by atoms with Gasteiger partial charge in [-0.2, -0.15) is 4.31 Å². The third-order valence-corrected chi connectivity index (χ3v) is 5.65. The van der Waals surface area contributed by atoms with Gasteiger partial charge in [-0.3, -0.25) is 0 Å². The molecule has 1 aliphatic rings. The first kappa shape index (κ1) is 16.3. The number of aliphatic hydroxyl groups is 1. The summed E-state index contributed by atoms with van der Waals surface area (Å²) in [6.07, 6.45) is 1.87. The van der Waals surface area contributed by atoms with Gasteiger partial charge in [0, 0.05) is 18.7 Å². The highest BCUT2D eigenvalue weighted by Gasteiger charge is 2.35. The molecule has 7 heteroatoms. The number of hydrogen-bond donors (Lipinski definition) is 1. The highest BCUT2D eigenvalue weighted by Crippen LogP contribution is 2.29. The fourth-order valence-electron chi connectivity index (χ4n) is 2.73. The van der Waals surface area contributed by atoms with Crippen LogP contribution >= 0.6 is 0 Å². The monoisotopic (exact) mass is 319 g/mol. The fourth-order valence-corrected chi connectivity index (χ4v) is 4.48. The van der Waals surface area contributed by atoms with Gasteiger partial charge >= 0.3 is 0 Å². The molecule has 1 aromatic carbocycles. The SMILES string of the molecule is CC(O)CC1CCCCN1S(=O)(=O)c1ccc(F)cc1F. The first-order valence-electron chi connectivity index (χ1n) is 6.97. The highest BCUT2D eigenvalue weighted by molar-refractivity contribution is 7.89. The Bertz CT molecular complexity index is 604. The van der Waals surface area contributed by atoms with Crippen LogP contribution in [-0.4, -0.2) is 36.5 Å². The van der Waals surface area contributed by atoms with E-state index < -0.39 is 32.7 Å². The number of aliphatic hydroxyl groups excluding tert-OH is 1. The molecule has 0 spiro atoms. The van der Waals surface area contributed by atoms with Crippen LogP contribution in [0.15, 0.2) is 23.1 Å². The predicted octanol–water partition coefficient (Wildman–Crippen LogP) is 2.28. The molecule has 1 heterocycles. The van der Waals surface area contributed by atoms with Crippen LogP contribution < -0.4 is 0 Å². The van der Waals surface area contributed by atoms with Crippen LogP contribution in [0.3, 0.4) is 0 Å². The first-order valence-corrected chi connectivity index (χ1v) is 8.41. The van der Waals surface area contributed by atoms with Gasteiger partial charge in [-0.05, 0) is 38.3 Å². The molecule has 1 saturated heterocycles. The Morgan fingerprint density at radius 2 is 2.10 bits per heavy atom. The Morgan fingerprint density at radius 1 is 1.38 bits per heavy atom. The highest BCUT2D eigenvalue weighted by atomic mass is 32.2. The molecule has 1 N–H and O–H groups in total. The molecule has 0 aliphatic carbocycles. The van der Waals surface area contributed by atoms with Crippen LogP contribution in [0.1, 0.15) is 32.6 Å². The summed E-state index contributed by atoms with van der Waals surface area (Å²) in [5.74, 6) is -1.90. The van der Waals surface area contributed by atoms with Crippen molar-refractivity contribution in [3.05, 3.63) is 29.8 Å². The summed E-state index contributed by atoms with van der Waals surface area (Å²) < 4.78 is 53.2. The van der Waals surface area contributed by atoms with Crippen molar-refractivity contribution in [2.24, 2.45) is 0 Å². The van der Waals surface area contributed by atoms with Crippen molar-refractivity contribution in [2.75, 3.05) is 6.54 Å². The van der Waals surface area contributed by atoms with Crippen molar-refractivity contribution >= 4 is 10.0 Å². The molecule has 2 rings (SSSR count). The van der Waals surface area contributed by atoms with Crippen LogP contribution in [0, 0.1) is 11.6 Å². The maximum atomic E-state index is 13.8. The molecule has 0 bridgehead atoms. The van der Waals surface area contributed by atoms with Gasteiger partial charge in [0.15, 0.2) is 0 Å². The van der Waals surface area contributed by atoms with E-state index in [2.05, 4.69) is 0 Å². The van der Waals surface area contributed by atoms with Crippen LogP contribution in [0.25, 0.3) is 0 Å². The predicted molar refractivity (Wildman–Crippen MR) is 74.2 cm³/mol. The van der Waals surface area contributed by atoms with Crippen LogP contribution in [-0.2, 0) is 10.0 Å². The van der Waals surface area contributed by atoms with Gasteiger partial charge in [0.25, 0.3) is 0 Å². The molecule has 2 atom stereocenters. The molecule has 0 radical (unpaired) electrons. The third kappa shape index (κ3) is 3.59. The molecule has 4 nitrogen and oxygen atoms in total. The molecule has 0 saturated carbocycles. The zero-order chi connectivity index (χ0) is 15.6. The first-order chi connectivity index (χ1) is 9.82. The van der Waals surface area contributed by atoms with E-state index >= 15 is 0 Å². The summed E-state index contributed by atoms with van der Waals surface area (Å²) in [5.41, 5.74) is 0. The zero-order valence-electron chi connectivity index (χ0n) is 11.8. The largest absolute Gasteiger partial charge is 0.393 e. The Hall–Kier alpha value is -1.05. The average Bonchev–Trinajstić information content (AvgIpc) is 2.37. The van der Waals surface area contributed by atoms with Gasteiger partial charge in [-0.25, -0.2) is 17.2 Å². The maximum Gasteiger partial charge on any atom is 0.246 e. The van der Waals surface area contributed by atoms with Crippen LogP contribution in [0.5, 0.6) is 0 Å². The Balaban J connectivity index is 2.36. The molecule has 21 heavy (non-hydrogen) atoms. The van der Waals surface area contributed by atoms with Crippen molar-refractivity contribution in [3.63, 3.8) is 0 Å². The summed E-state index contributed by atoms with van der Waals surface area (Å²) in [5, 5.41) is 9.50. The van der Waals surface area contributed by atoms with E-state index in [-0.39, 0.29) is 12.6 Å². The second-order valence-corrected chi connectivity index (χ2v) is 7.28. The second-order valence-electron chi connectivity index (χ2n) is 5.42. The Kier molecular flexibility index (Phi) is 4.95. The molecular formula is C14H19F2NO3S. The summed E-state index contributed by atoms with van der Waals surface area (Å²) in [7, 11) is -4.02. The number of halogens is 2. The molecule has 0 aromatic heterocycles. The third-order valence-electron chi connectivity index (χ3n) is 3.67. The number of hydrogen-bond acceptors (Lipinski definition) is 3. The van der Waals surface area contributed by atoms with Gasteiger partial charge < -0.3 is 5.11 Å². The number of benzene rings is 1. The molecule has 1 aliphatic heterocycles. The quantitative estimate of drug-likeness (QED) is 0.926. The van der Waals surface area contributed by atoms with E-state index in [0.717, 1.165) is 18.6 Å². The molecular weight excluding hydrogens is 300 g/mol. The van der Waals surface area contributed by atoms with Gasteiger partial charge in [0.2, 0.25) is 10.0 Å². The van der Waals surface area contributed by atoms with E-state index in [0.29, 0.717) is 25.3 Å². The lowest BCUT2D eigenvalue weighted by atomic mass is 10.00. The molecule has 1 fully saturated rings. The van der Waals surface area contributed by atoms with E-state index in [1.54, 1.807) is 6.92 Å². The number of piperidine rings is 1. The molecule has 1 aromatic rings. The average molecular weight is 319 g/mol. The van der Waals surface area contributed by atoms with Crippen molar-refractivity contribution in [2.45, 2.75) is 49.6 Å². The standard InChI is InChI=1S/C14H19F2NO3S/c1-10(18)8-12-4-2-3-7-17(12)21(19,20)14-6-5-11(15)9-13(14)16/h5-6,9-10,12,18H,2-4,7-8H2,1H3. The van der Waals surface area contributed by atoms with E-state index in [1.165, 1.54) is 4.31 Å². The summed E-state index contributed by atoms with van der Waals surface area (Å²) in [6, 6.07) is 2.10. The summed E-state index contributed by atoms with van der Waals surface area (Å²) >= 11 is 0. The second kappa shape index (κ2) is 6.37. The normalized spacial score (nSPS) is 22.2. The van der Waals surface area contributed by atoms with Gasteiger partial charge in [-0.1, -0.05) is 6.42 Å². The van der Waals surface area contributed by atoms with Gasteiger partial charge in [-0.15, -0.1) is 0 Å². The molecule has 118 valence electrons. The molecule has 2 unspecified atom stereocenters. The summed E-state index contributed by atoms with van der Waals surface area (Å²) in [6.45, 7) is 1.88. The van der Waals surface area contributed by atoms with Crippen molar-refractivity contribution < 1.29 is 22.3 Å². The number of nitrogens with zero attached hydrogens (tertiary/aromatic N) is 1. The lowest BCUT2D eigenvalue weighted by Gasteiger charge is -2.35. The maximum absolute atomic E-state index is 13.8.